The first-order valence-electron chi connectivity index (χ1n) is 4.58. The van der Waals surface area contributed by atoms with Gasteiger partial charge in [-0.3, -0.25) is 0 Å². The van der Waals surface area contributed by atoms with Crippen molar-refractivity contribution in [3.63, 3.8) is 0 Å². The van der Waals surface area contributed by atoms with Gasteiger partial charge in [-0.15, -0.1) is 0 Å². The number of hydrogen-bond donors (Lipinski definition) is 1. The summed E-state index contributed by atoms with van der Waals surface area (Å²) in [6.45, 7) is 1.51. The zero-order chi connectivity index (χ0) is 11.1. The van der Waals surface area contributed by atoms with Gasteiger partial charge in [0.25, 0.3) is 0 Å². The van der Waals surface area contributed by atoms with E-state index in [4.69, 9.17) is 14.7 Å². The number of oxime groups is 1. The zero-order valence-electron chi connectivity index (χ0n) is 8.96. The van der Waals surface area contributed by atoms with Crippen LogP contribution < -0.4 is 4.57 Å². The summed E-state index contributed by atoms with van der Waals surface area (Å²) in [5.74, 6) is 0.759. The lowest BCUT2D eigenvalue weighted by atomic mass is 10.6. The Balaban J connectivity index is 2.53. The summed E-state index contributed by atoms with van der Waals surface area (Å²) in [5.41, 5.74) is 0. The molecule has 0 aliphatic heterocycles. The van der Waals surface area contributed by atoms with Gasteiger partial charge in [-0.25, -0.2) is 9.13 Å². The second kappa shape index (κ2) is 6.15. The van der Waals surface area contributed by atoms with Crippen molar-refractivity contribution < 1.29 is 19.2 Å². The van der Waals surface area contributed by atoms with Crippen molar-refractivity contribution in [2.75, 3.05) is 20.3 Å². The Kier molecular flexibility index (Phi) is 4.79. The second-order valence-corrected chi connectivity index (χ2v) is 3.01. The molecule has 1 heterocycles. The quantitative estimate of drug-likeness (QED) is 0.233. The topological polar surface area (TPSA) is 59.9 Å². The molecule has 0 aliphatic rings. The van der Waals surface area contributed by atoms with Gasteiger partial charge in [-0.05, 0) is 0 Å². The predicted molar refractivity (Wildman–Crippen MR) is 52.8 cm³/mol. The fourth-order valence-corrected chi connectivity index (χ4v) is 1.17. The number of methoxy groups -OCH3 is 1. The normalized spacial score (nSPS) is 11.3. The van der Waals surface area contributed by atoms with Crippen molar-refractivity contribution in [1.82, 2.24) is 4.57 Å². The highest BCUT2D eigenvalue weighted by atomic mass is 16.5. The first kappa shape index (κ1) is 11.7. The molecule has 1 aromatic rings. The Morgan fingerprint density at radius 3 is 3.07 bits per heavy atom. The first-order valence-corrected chi connectivity index (χ1v) is 4.58. The van der Waals surface area contributed by atoms with E-state index in [-0.39, 0.29) is 0 Å². The van der Waals surface area contributed by atoms with Crippen LogP contribution in [0.25, 0.3) is 0 Å². The van der Waals surface area contributed by atoms with E-state index in [2.05, 4.69) is 5.16 Å². The minimum Gasteiger partial charge on any atom is -0.411 e. The van der Waals surface area contributed by atoms with Crippen LogP contribution in [0.15, 0.2) is 17.5 Å². The molecule has 0 radical (unpaired) electrons. The summed E-state index contributed by atoms with van der Waals surface area (Å²) in [6, 6.07) is 0. The molecule has 0 unspecified atom stereocenters. The van der Waals surface area contributed by atoms with E-state index in [9.17, 15) is 0 Å². The van der Waals surface area contributed by atoms with Gasteiger partial charge in [0.15, 0.2) is 12.9 Å². The molecule has 0 aliphatic carbocycles. The summed E-state index contributed by atoms with van der Waals surface area (Å²) < 4.78 is 13.9. The lowest BCUT2D eigenvalue weighted by molar-refractivity contribution is -0.672. The fraction of sp³-hybridized carbons (Fsp3) is 0.556. The van der Waals surface area contributed by atoms with Crippen molar-refractivity contribution in [2.45, 2.75) is 6.73 Å². The Bertz CT molecular complexity index is 322. The standard InChI is InChI=1S/C9H15N3O3/c1-11-3-4-12(9(11)7-10-13)8-15-6-5-14-2/h3-4,7H,5-6,8H2,1-2H3/p+1. The zero-order valence-corrected chi connectivity index (χ0v) is 8.96. The van der Waals surface area contributed by atoms with E-state index in [0.29, 0.717) is 19.9 Å². The molecule has 0 aromatic carbocycles. The lowest BCUT2D eigenvalue weighted by Gasteiger charge is -2.01. The molecule has 0 spiro atoms. The number of nitrogens with zero attached hydrogens (tertiary/aromatic N) is 3. The molecule has 1 N–H and O–H groups in total. The fourth-order valence-electron chi connectivity index (χ4n) is 1.17. The molecule has 6 heteroatoms. The van der Waals surface area contributed by atoms with Gasteiger partial charge in [-0.2, -0.15) is 0 Å². The van der Waals surface area contributed by atoms with Crippen molar-refractivity contribution >= 4 is 6.21 Å². The van der Waals surface area contributed by atoms with Crippen molar-refractivity contribution in [3.05, 3.63) is 18.2 Å². The lowest BCUT2D eigenvalue weighted by Crippen LogP contribution is -2.32. The van der Waals surface area contributed by atoms with Gasteiger partial charge in [0.1, 0.15) is 12.4 Å². The van der Waals surface area contributed by atoms with E-state index in [1.54, 1.807) is 7.11 Å². The molecular weight excluding hydrogens is 198 g/mol. The summed E-state index contributed by atoms with van der Waals surface area (Å²) in [7, 11) is 3.49. The minimum atomic E-state index is 0.408. The molecule has 84 valence electrons. The molecule has 0 atom stereocenters. The highest BCUT2D eigenvalue weighted by Crippen LogP contribution is 1.93. The Morgan fingerprint density at radius 1 is 1.60 bits per heavy atom. The third kappa shape index (κ3) is 3.34. The van der Waals surface area contributed by atoms with Crippen LogP contribution in [0.1, 0.15) is 5.82 Å². The van der Waals surface area contributed by atoms with Crippen LogP contribution in [-0.2, 0) is 23.3 Å². The van der Waals surface area contributed by atoms with Crippen molar-refractivity contribution in [1.29, 1.82) is 0 Å². The van der Waals surface area contributed by atoms with Crippen molar-refractivity contribution in [2.24, 2.45) is 12.2 Å². The minimum absolute atomic E-state index is 0.408. The van der Waals surface area contributed by atoms with Gasteiger partial charge in [0.05, 0.1) is 20.3 Å². The Hall–Kier alpha value is -1.40. The second-order valence-electron chi connectivity index (χ2n) is 3.01. The maximum Gasteiger partial charge on any atom is 0.305 e. The van der Waals surface area contributed by atoms with Crippen LogP contribution in [0.2, 0.25) is 0 Å². The van der Waals surface area contributed by atoms with E-state index < -0.39 is 0 Å². The number of imidazole rings is 1. The average Bonchev–Trinajstić information content (AvgIpc) is 2.57. The average molecular weight is 214 g/mol. The van der Waals surface area contributed by atoms with Gasteiger partial charge >= 0.3 is 5.82 Å². The number of hydrogen-bond acceptors (Lipinski definition) is 4. The third-order valence-corrected chi connectivity index (χ3v) is 1.96. The molecule has 1 aromatic heterocycles. The van der Waals surface area contributed by atoms with Gasteiger partial charge in [0.2, 0.25) is 0 Å². The number of aromatic nitrogens is 2. The monoisotopic (exact) mass is 214 g/mol. The molecule has 0 saturated carbocycles. The van der Waals surface area contributed by atoms with Crippen LogP contribution in [-0.4, -0.2) is 36.3 Å². The summed E-state index contributed by atoms with van der Waals surface area (Å²) in [5, 5.41) is 11.5. The molecule has 0 fully saturated rings. The smallest absolute Gasteiger partial charge is 0.305 e. The van der Waals surface area contributed by atoms with Crippen LogP contribution >= 0.6 is 0 Å². The van der Waals surface area contributed by atoms with Gasteiger partial charge in [-0.1, -0.05) is 5.16 Å². The van der Waals surface area contributed by atoms with Gasteiger partial charge in [0, 0.05) is 7.11 Å². The molecule has 0 saturated heterocycles. The van der Waals surface area contributed by atoms with Crippen molar-refractivity contribution in [3.8, 4) is 0 Å². The molecule has 1 rings (SSSR count). The molecule has 0 amide bonds. The largest absolute Gasteiger partial charge is 0.411 e. The van der Waals surface area contributed by atoms with Crippen LogP contribution in [0.5, 0.6) is 0 Å². The van der Waals surface area contributed by atoms with Crippen LogP contribution in [0, 0.1) is 0 Å². The van der Waals surface area contributed by atoms with Crippen LogP contribution in [0.4, 0.5) is 0 Å². The maximum atomic E-state index is 8.48. The van der Waals surface area contributed by atoms with Gasteiger partial charge < -0.3 is 14.7 Å². The third-order valence-electron chi connectivity index (χ3n) is 1.96. The summed E-state index contributed by atoms with van der Waals surface area (Å²) in [4.78, 5) is 0. The first-order chi connectivity index (χ1) is 7.29. The summed E-state index contributed by atoms with van der Waals surface area (Å²) >= 11 is 0. The Labute approximate surface area is 88.3 Å². The van der Waals surface area contributed by atoms with E-state index in [1.165, 1.54) is 6.21 Å². The van der Waals surface area contributed by atoms with E-state index in [0.717, 1.165) is 5.82 Å². The predicted octanol–water partition coefficient (Wildman–Crippen LogP) is -0.259. The van der Waals surface area contributed by atoms with E-state index >= 15 is 0 Å². The van der Waals surface area contributed by atoms with E-state index in [1.807, 2.05) is 28.6 Å². The number of ether oxygens (including phenoxy) is 2. The summed E-state index contributed by atoms with van der Waals surface area (Å²) in [6.07, 6.45) is 5.07. The van der Waals surface area contributed by atoms with Crippen LogP contribution in [0.3, 0.4) is 0 Å². The molecule has 0 bridgehead atoms. The molecular formula is C9H16N3O3+. The highest BCUT2D eigenvalue weighted by molar-refractivity contribution is 5.72. The number of rotatable bonds is 6. The molecule has 6 nitrogen and oxygen atoms in total. The Morgan fingerprint density at radius 2 is 2.40 bits per heavy atom. The maximum absolute atomic E-state index is 8.48. The molecule has 15 heavy (non-hydrogen) atoms. The number of aryl methyl sites for hydroxylation is 1. The highest BCUT2D eigenvalue weighted by Gasteiger charge is 2.11. The SMILES string of the molecule is COCCOCn1cc[n+](C)c1/C=N/O.